The summed E-state index contributed by atoms with van der Waals surface area (Å²) in [6, 6.07) is 21.7. The van der Waals surface area contributed by atoms with Gasteiger partial charge in [-0.3, -0.25) is 4.99 Å². The first-order valence-electron chi connectivity index (χ1n) is 8.64. The number of hydrogen-bond donors (Lipinski definition) is 4. The van der Waals surface area contributed by atoms with Crippen LogP contribution in [0.3, 0.4) is 0 Å². The van der Waals surface area contributed by atoms with Crippen molar-refractivity contribution in [2.24, 2.45) is 4.99 Å². The van der Waals surface area contributed by atoms with Gasteiger partial charge in [-0.2, -0.15) is 0 Å². The number of aromatic hydroxyl groups is 1. The van der Waals surface area contributed by atoms with Gasteiger partial charge in [-0.05, 0) is 54.6 Å². The number of nitrogens with zero attached hydrogens (tertiary/aromatic N) is 1. The molecule has 0 saturated carbocycles. The Morgan fingerprint density at radius 1 is 0.929 bits per heavy atom. The summed E-state index contributed by atoms with van der Waals surface area (Å²) in [5.41, 5.74) is 4.15. The van der Waals surface area contributed by atoms with E-state index in [1.165, 1.54) is 0 Å². The van der Waals surface area contributed by atoms with Crippen molar-refractivity contribution in [2.75, 3.05) is 5.32 Å². The third kappa shape index (κ3) is 3.57. The van der Waals surface area contributed by atoms with E-state index in [-0.39, 0.29) is 11.4 Å². The second kappa shape index (κ2) is 7.28. The van der Waals surface area contributed by atoms with E-state index in [0.29, 0.717) is 5.56 Å². The second-order valence-corrected chi connectivity index (χ2v) is 6.25. The minimum atomic E-state index is -0.949. The molecule has 0 aliphatic heterocycles. The first-order chi connectivity index (χ1) is 13.6. The number of benzene rings is 3. The monoisotopic (exact) mass is 371 g/mol. The van der Waals surface area contributed by atoms with Crippen molar-refractivity contribution in [1.82, 2.24) is 4.98 Å². The fraction of sp³-hybridized carbons (Fsp3) is 0. The fourth-order valence-corrected chi connectivity index (χ4v) is 2.91. The molecule has 0 aliphatic carbocycles. The van der Waals surface area contributed by atoms with Crippen LogP contribution in [0.1, 0.15) is 15.9 Å². The lowest BCUT2D eigenvalue weighted by Gasteiger charge is -2.07. The average molecular weight is 371 g/mol. The van der Waals surface area contributed by atoms with Crippen molar-refractivity contribution < 1.29 is 15.0 Å². The Balaban J connectivity index is 1.49. The molecule has 0 saturated heterocycles. The number of hydrogen-bond acceptors (Lipinski definition) is 4. The third-order valence-electron chi connectivity index (χ3n) is 4.36. The first kappa shape index (κ1) is 17.4. The van der Waals surface area contributed by atoms with E-state index in [0.717, 1.165) is 28.0 Å². The molecule has 4 aromatic rings. The number of carboxylic acid groups (broad SMARTS) is 1. The maximum Gasteiger partial charge on any atom is 0.335 e. The van der Waals surface area contributed by atoms with Crippen LogP contribution in [-0.2, 0) is 0 Å². The van der Waals surface area contributed by atoms with Gasteiger partial charge in [-0.25, -0.2) is 4.79 Å². The first-order valence-corrected chi connectivity index (χ1v) is 8.64. The molecular weight excluding hydrogens is 354 g/mol. The van der Waals surface area contributed by atoms with E-state index in [2.05, 4.69) is 15.3 Å². The van der Waals surface area contributed by atoms with Gasteiger partial charge in [0.1, 0.15) is 0 Å². The Bertz CT molecular complexity index is 1160. The number of para-hydroxylation sites is 1. The van der Waals surface area contributed by atoms with Crippen LogP contribution in [-0.4, -0.2) is 27.4 Å². The molecule has 0 atom stereocenters. The summed E-state index contributed by atoms with van der Waals surface area (Å²) in [7, 11) is 0. The molecule has 6 nitrogen and oxygen atoms in total. The number of aromatic nitrogens is 1. The highest BCUT2D eigenvalue weighted by Crippen LogP contribution is 2.26. The van der Waals surface area contributed by atoms with Crippen molar-refractivity contribution in [3.63, 3.8) is 0 Å². The summed E-state index contributed by atoms with van der Waals surface area (Å²) in [4.78, 5) is 18.3. The Morgan fingerprint density at radius 2 is 1.57 bits per heavy atom. The maximum absolute atomic E-state index is 10.9. The standard InChI is InChI=1S/C22H17N3O3/c26-21-19(18-3-1-2-4-20(18)25-21)13-23-15-9-11-17(12-10-15)24-16-7-5-14(6-8-16)22(27)28/h1-13,24-26H,(H,27,28). The van der Waals surface area contributed by atoms with Crippen LogP contribution in [0.4, 0.5) is 17.1 Å². The van der Waals surface area contributed by atoms with E-state index >= 15 is 0 Å². The number of fused-ring (bicyclic) bond motifs is 1. The third-order valence-corrected chi connectivity index (χ3v) is 4.36. The maximum atomic E-state index is 10.9. The smallest absolute Gasteiger partial charge is 0.335 e. The van der Waals surface area contributed by atoms with Crippen LogP contribution in [0.5, 0.6) is 5.88 Å². The number of rotatable bonds is 5. The summed E-state index contributed by atoms with van der Waals surface area (Å²) >= 11 is 0. The Kier molecular flexibility index (Phi) is 4.51. The average Bonchev–Trinajstić information content (AvgIpc) is 3.03. The summed E-state index contributed by atoms with van der Waals surface area (Å²) in [6.07, 6.45) is 1.64. The van der Waals surface area contributed by atoms with Crippen molar-refractivity contribution in [1.29, 1.82) is 0 Å². The zero-order valence-electron chi connectivity index (χ0n) is 14.8. The molecule has 0 bridgehead atoms. The van der Waals surface area contributed by atoms with E-state index in [9.17, 15) is 9.90 Å². The van der Waals surface area contributed by atoms with Crippen LogP contribution in [0.2, 0.25) is 0 Å². The number of aromatic amines is 1. The van der Waals surface area contributed by atoms with Crippen molar-refractivity contribution >= 4 is 40.1 Å². The molecule has 1 aromatic heterocycles. The normalized spacial score (nSPS) is 11.1. The highest BCUT2D eigenvalue weighted by molar-refractivity contribution is 6.02. The van der Waals surface area contributed by atoms with Gasteiger partial charge in [-0.1, -0.05) is 18.2 Å². The number of nitrogens with one attached hydrogen (secondary N) is 2. The van der Waals surface area contributed by atoms with Crippen molar-refractivity contribution in [2.45, 2.75) is 0 Å². The molecule has 0 fully saturated rings. The van der Waals surface area contributed by atoms with Gasteiger partial charge < -0.3 is 20.5 Å². The summed E-state index contributed by atoms with van der Waals surface area (Å²) in [5.74, 6) is -0.858. The lowest BCUT2D eigenvalue weighted by atomic mass is 10.2. The minimum Gasteiger partial charge on any atom is -0.494 e. The zero-order chi connectivity index (χ0) is 19.5. The van der Waals surface area contributed by atoms with Crippen LogP contribution in [0.15, 0.2) is 77.8 Å². The van der Waals surface area contributed by atoms with Gasteiger partial charge in [0.25, 0.3) is 0 Å². The molecule has 0 amide bonds. The molecule has 1 heterocycles. The van der Waals surface area contributed by atoms with E-state index in [1.807, 2.05) is 48.5 Å². The number of aliphatic imine (C=N–C) groups is 1. The van der Waals surface area contributed by atoms with E-state index < -0.39 is 5.97 Å². The molecule has 4 rings (SSSR count). The minimum absolute atomic E-state index is 0.0908. The molecule has 0 radical (unpaired) electrons. The lowest BCUT2D eigenvalue weighted by molar-refractivity contribution is 0.0697. The zero-order valence-corrected chi connectivity index (χ0v) is 14.8. The van der Waals surface area contributed by atoms with Gasteiger partial charge in [0, 0.05) is 28.5 Å². The number of carboxylic acids is 1. The molecular formula is C22H17N3O3. The molecule has 0 aliphatic rings. The predicted octanol–water partition coefficient (Wildman–Crippen LogP) is 5.07. The molecule has 4 N–H and O–H groups in total. The molecule has 6 heteroatoms. The lowest BCUT2D eigenvalue weighted by Crippen LogP contribution is -1.96. The van der Waals surface area contributed by atoms with Crippen molar-refractivity contribution in [3.8, 4) is 5.88 Å². The molecule has 138 valence electrons. The number of aromatic carboxylic acids is 1. The van der Waals surface area contributed by atoms with Crippen LogP contribution < -0.4 is 5.32 Å². The Morgan fingerprint density at radius 3 is 2.25 bits per heavy atom. The summed E-state index contributed by atoms with van der Waals surface area (Å²) in [5, 5.41) is 23.1. The van der Waals surface area contributed by atoms with Gasteiger partial charge in [0.2, 0.25) is 0 Å². The SMILES string of the molecule is O=C(O)c1ccc(Nc2ccc(N=Cc3c(O)[nH]c4ccccc34)cc2)cc1. The Hall–Kier alpha value is -4.06. The molecule has 28 heavy (non-hydrogen) atoms. The molecule has 3 aromatic carbocycles. The summed E-state index contributed by atoms with van der Waals surface area (Å²) in [6.45, 7) is 0. The van der Waals surface area contributed by atoms with Gasteiger partial charge >= 0.3 is 5.97 Å². The second-order valence-electron chi connectivity index (χ2n) is 6.25. The van der Waals surface area contributed by atoms with E-state index in [4.69, 9.17) is 5.11 Å². The van der Waals surface area contributed by atoms with E-state index in [1.54, 1.807) is 30.5 Å². The largest absolute Gasteiger partial charge is 0.494 e. The van der Waals surface area contributed by atoms with Crippen LogP contribution >= 0.6 is 0 Å². The number of carbonyl (C=O) groups is 1. The Labute approximate surface area is 160 Å². The number of H-pyrrole nitrogens is 1. The van der Waals surface area contributed by atoms with Gasteiger partial charge in [0.05, 0.1) is 16.8 Å². The van der Waals surface area contributed by atoms with Crippen molar-refractivity contribution in [3.05, 3.63) is 83.9 Å². The molecule has 0 spiro atoms. The predicted molar refractivity (Wildman–Crippen MR) is 110 cm³/mol. The highest BCUT2D eigenvalue weighted by atomic mass is 16.4. The number of anilines is 2. The quantitative estimate of drug-likeness (QED) is 0.368. The van der Waals surface area contributed by atoms with Gasteiger partial charge in [0.15, 0.2) is 5.88 Å². The fourth-order valence-electron chi connectivity index (χ4n) is 2.91. The van der Waals surface area contributed by atoms with Gasteiger partial charge in [-0.15, -0.1) is 0 Å². The van der Waals surface area contributed by atoms with Crippen LogP contribution in [0.25, 0.3) is 10.9 Å². The van der Waals surface area contributed by atoms with Crippen LogP contribution in [0, 0.1) is 0 Å². The topological polar surface area (TPSA) is 97.7 Å². The summed E-state index contributed by atoms with van der Waals surface area (Å²) < 4.78 is 0. The highest BCUT2D eigenvalue weighted by Gasteiger charge is 2.07. The molecule has 0 unspecified atom stereocenters.